The molecule has 9 heteroatoms. The van der Waals surface area contributed by atoms with Crippen LogP contribution in [0.25, 0.3) is 21.9 Å². The van der Waals surface area contributed by atoms with Crippen LogP contribution < -0.4 is 4.74 Å². The summed E-state index contributed by atoms with van der Waals surface area (Å²) < 4.78 is 8.09. The second-order valence-electron chi connectivity index (χ2n) is 8.35. The first-order valence-electron chi connectivity index (χ1n) is 9.86. The molecular formula is C20H26N6O2S. The Kier molecular flexibility index (Phi) is 5.02. The number of ether oxygens (including phenoxy) is 1. The van der Waals surface area contributed by atoms with Gasteiger partial charge in [0.2, 0.25) is 11.8 Å². The molecule has 0 saturated carbocycles. The Hall–Kier alpha value is -2.55. The van der Waals surface area contributed by atoms with Crippen molar-refractivity contribution >= 4 is 28.4 Å². The number of thiazole rings is 1. The maximum Gasteiger partial charge on any atom is 0.245 e. The smallest absolute Gasteiger partial charge is 0.245 e. The quantitative estimate of drug-likeness (QED) is 0.652. The van der Waals surface area contributed by atoms with Gasteiger partial charge in [0.25, 0.3) is 0 Å². The van der Waals surface area contributed by atoms with Crippen molar-refractivity contribution in [1.82, 2.24) is 29.4 Å². The zero-order valence-electron chi connectivity index (χ0n) is 17.5. The Bertz CT molecular complexity index is 1050. The number of likely N-dealkylation sites (tertiary alicyclic amines) is 1. The summed E-state index contributed by atoms with van der Waals surface area (Å²) in [5.41, 5.74) is 1.34. The van der Waals surface area contributed by atoms with Crippen molar-refractivity contribution < 1.29 is 9.53 Å². The lowest BCUT2D eigenvalue weighted by Crippen LogP contribution is -2.30. The SMILES string of the molecule is CCC(=O)N1CCC(Oc2ncnc3c2nc(-c2cnc(C(C)(C)C)s2)n3C)C1. The van der Waals surface area contributed by atoms with Gasteiger partial charge in [0.05, 0.1) is 16.4 Å². The van der Waals surface area contributed by atoms with Crippen molar-refractivity contribution in [2.24, 2.45) is 7.05 Å². The molecule has 0 N–H and O–H groups in total. The molecule has 0 spiro atoms. The lowest BCUT2D eigenvalue weighted by atomic mass is 9.98. The van der Waals surface area contributed by atoms with Gasteiger partial charge in [-0.1, -0.05) is 27.7 Å². The van der Waals surface area contributed by atoms with E-state index >= 15 is 0 Å². The summed E-state index contributed by atoms with van der Waals surface area (Å²) >= 11 is 1.64. The van der Waals surface area contributed by atoms with Gasteiger partial charge in [-0.05, 0) is 0 Å². The first kappa shape index (κ1) is 19.8. The van der Waals surface area contributed by atoms with Crippen LogP contribution in [0.4, 0.5) is 0 Å². The monoisotopic (exact) mass is 414 g/mol. The number of imidazole rings is 1. The van der Waals surface area contributed by atoms with E-state index in [9.17, 15) is 4.79 Å². The summed E-state index contributed by atoms with van der Waals surface area (Å²) in [5, 5.41) is 1.06. The number of aryl methyl sites for hydroxylation is 1. The molecule has 1 aliphatic heterocycles. The minimum atomic E-state index is -0.0787. The van der Waals surface area contributed by atoms with Crippen LogP contribution in [0.2, 0.25) is 0 Å². The van der Waals surface area contributed by atoms with Gasteiger partial charge in [-0.15, -0.1) is 11.3 Å². The van der Waals surface area contributed by atoms with E-state index in [1.807, 2.05) is 29.6 Å². The summed E-state index contributed by atoms with van der Waals surface area (Å²) in [4.78, 5) is 32.9. The highest BCUT2D eigenvalue weighted by atomic mass is 32.1. The Labute approximate surface area is 174 Å². The summed E-state index contributed by atoms with van der Waals surface area (Å²) in [6.45, 7) is 9.63. The van der Waals surface area contributed by atoms with E-state index in [0.29, 0.717) is 24.4 Å². The molecule has 1 fully saturated rings. The number of amides is 1. The van der Waals surface area contributed by atoms with Crippen LogP contribution in [0.3, 0.4) is 0 Å². The summed E-state index contributed by atoms with van der Waals surface area (Å²) in [6, 6.07) is 0. The average Bonchev–Trinajstić information content (AvgIpc) is 3.40. The molecule has 3 aromatic rings. The predicted octanol–water partition coefficient (Wildman–Crippen LogP) is 3.17. The predicted molar refractivity (Wildman–Crippen MR) is 112 cm³/mol. The standard InChI is InChI=1S/C20H26N6O2S/c1-6-14(27)26-8-7-12(10-26)28-18-15-17(22-11-23-18)25(5)16(24-15)13-9-21-19(29-13)20(2,3)4/h9,11-12H,6-8,10H2,1-5H3. The van der Waals surface area contributed by atoms with Crippen LogP contribution >= 0.6 is 11.3 Å². The molecule has 0 aromatic carbocycles. The maximum absolute atomic E-state index is 11.9. The van der Waals surface area contributed by atoms with E-state index in [1.165, 1.54) is 6.33 Å². The minimum absolute atomic E-state index is 0.00808. The van der Waals surface area contributed by atoms with E-state index in [1.54, 1.807) is 11.3 Å². The van der Waals surface area contributed by atoms with Gasteiger partial charge in [-0.2, -0.15) is 4.98 Å². The molecular weight excluding hydrogens is 388 g/mol. The number of rotatable bonds is 4. The molecule has 1 atom stereocenters. The van der Waals surface area contributed by atoms with E-state index < -0.39 is 0 Å². The van der Waals surface area contributed by atoms with Gasteiger partial charge in [-0.3, -0.25) is 4.79 Å². The van der Waals surface area contributed by atoms with E-state index in [-0.39, 0.29) is 17.4 Å². The van der Waals surface area contributed by atoms with Gasteiger partial charge in [0.15, 0.2) is 17.0 Å². The van der Waals surface area contributed by atoms with Crippen LogP contribution in [0.1, 0.15) is 45.5 Å². The molecule has 0 bridgehead atoms. The molecule has 1 amide bonds. The van der Waals surface area contributed by atoms with Gasteiger partial charge in [0.1, 0.15) is 12.4 Å². The Morgan fingerprint density at radius 2 is 2.10 bits per heavy atom. The highest BCUT2D eigenvalue weighted by Gasteiger charge is 2.28. The largest absolute Gasteiger partial charge is 0.471 e. The summed E-state index contributed by atoms with van der Waals surface area (Å²) in [7, 11) is 1.94. The Morgan fingerprint density at radius 1 is 1.31 bits per heavy atom. The van der Waals surface area contributed by atoms with Crippen molar-refractivity contribution in [3.8, 4) is 16.6 Å². The third kappa shape index (κ3) is 3.71. The van der Waals surface area contributed by atoms with Gasteiger partial charge in [0, 0.05) is 38.0 Å². The fraction of sp³-hybridized carbons (Fsp3) is 0.550. The molecule has 4 heterocycles. The van der Waals surface area contributed by atoms with Crippen LogP contribution in [-0.2, 0) is 17.3 Å². The van der Waals surface area contributed by atoms with Crippen molar-refractivity contribution in [2.75, 3.05) is 13.1 Å². The number of hydrogen-bond acceptors (Lipinski definition) is 7. The van der Waals surface area contributed by atoms with E-state index in [4.69, 9.17) is 9.72 Å². The number of carbonyl (C=O) groups is 1. The maximum atomic E-state index is 11.9. The third-order valence-electron chi connectivity index (χ3n) is 5.07. The Balaban J connectivity index is 1.63. The van der Waals surface area contributed by atoms with Gasteiger partial charge in [-0.25, -0.2) is 15.0 Å². The third-order valence-corrected chi connectivity index (χ3v) is 6.49. The minimum Gasteiger partial charge on any atom is -0.471 e. The molecule has 1 aliphatic rings. The number of nitrogens with zero attached hydrogens (tertiary/aromatic N) is 6. The lowest BCUT2D eigenvalue weighted by molar-refractivity contribution is -0.130. The van der Waals surface area contributed by atoms with Crippen molar-refractivity contribution in [1.29, 1.82) is 0 Å². The zero-order valence-corrected chi connectivity index (χ0v) is 18.3. The molecule has 1 saturated heterocycles. The average molecular weight is 415 g/mol. The highest BCUT2D eigenvalue weighted by molar-refractivity contribution is 7.15. The molecule has 0 aliphatic carbocycles. The van der Waals surface area contributed by atoms with Crippen molar-refractivity contribution in [3.05, 3.63) is 17.5 Å². The number of carbonyl (C=O) groups excluding carboxylic acids is 1. The fourth-order valence-corrected chi connectivity index (χ4v) is 4.44. The number of hydrogen-bond donors (Lipinski definition) is 0. The summed E-state index contributed by atoms with van der Waals surface area (Å²) in [6.07, 6.45) is 4.59. The molecule has 8 nitrogen and oxygen atoms in total. The second kappa shape index (κ2) is 7.37. The first-order chi connectivity index (χ1) is 13.8. The Morgan fingerprint density at radius 3 is 2.79 bits per heavy atom. The van der Waals surface area contributed by atoms with Crippen molar-refractivity contribution in [2.45, 2.75) is 52.1 Å². The first-order valence-corrected chi connectivity index (χ1v) is 10.7. The topological polar surface area (TPSA) is 86.0 Å². The fourth-order valence-electron chi connectivity index (χ4n) is 3.44. The molecule has 0 radical (unpaired) electrons. The highest BCUT2D eigenvalue weighted by Crippen LogP contribution is 2.34. The van der Waals surface area contributed by atoms with E-state index in [2.05, 4.69) is 35.7 Å². The number of aromatic nitrogens is 5. The van der Waals surface area contributed by atoms with Crippen LogP contribution in [0.5, 0.6) is 5.88 Å². The normalized spacial score (nSPS) is 17.3. The van der Waals surface area contributed by atoms with Crippen LogP contribution in [-0.4, -0.2) is 54.5 Å². The van der Waals surface area contributed by atoms with Crippen LogP contribution in [0, 0.1) is 0 Å². The molecule has 154 valence electrons. The second-order valence-corrected chi connectivity index (χ2v) is 9.38. The van der Waals surface area contributed by atoms with Crippen molar-refractivity contribution in [3.63, 3.8) is 0 Å². The zero-order chi connectivity index (χ0) is 20.8. The van der Waals surface area contributed by atoms with E-state index in [0.717, 1.165) is 34.3 Å². The lowest BCUT2D eigenvalue weighted by Gasteiger charge is -2.16. The molecule has 3 aromatic heterocycles. The van der Waals surface area contributed by atoms with Gasteiger partial charge < -0.3 is 14.2 Å². The number of fused-ring (bicyclic) bond motifs is 1. The molecule has 4 rings (SSSR count). The van der Waals surface area contributed by atoms with Gasteiger partial charge >= 0.3 is 0 Å². The summed E-state index contributed by atoms with van der Waals surface area (Å²) in [5.74, 6) is 1.42. The molecule has 1 unspecified atom stereocenters. The van der Waals surface area contributed by atoms with Crippen LogP contribution in [0.15, 0.2) is 12.5 Å². The molecule has 29 heavy (non-hydrogen) atoms.